The van der Waals surface area contributed by atoms with E-state index in [1.807, 2.05) is 0 Å². The smallest absolute Gasteiger partial charge is 0.204 e. The van der Waals surface area contributed by atoms with Crippen LogP contribution in [-0.4, -0.2) is 17.8 Å². The zero-order valence-electron chi connectivity index (χ0n) is 9.99. The summed E-state index contributed by atoms with van der Waals surface area (Å²) in [5.41, 5.74) is 2.92. The van der Waals surface area contributed by atoms with Gasteiger partial charge in [0, 0.05) is 11.6 Å². The van der Waals surface area contributed by atoms with Crippen molar-refractivity contribution in [1.82, 2.24) is 0 Å². The molecule has 0 spiro atoms. The van der Waals surface area contributed by atoms with Crippen molar-refractivity contribution in [2.24, 2.45) is 0 Å². The van der Waals surface area contributed by atoms with Crippen LogP contribution in [0.1, 0.15) is 19.4 Å². The lowest BCUT2D eigenvalue weighted by Crippen LogP contribution is -2.16. The fourth-order valence-electron chi connectivity index (χ4n) is 2.85. The first kappa shape index (κ1) is 9.59. The minimum Gasteiger partial charge on any atom is -0.204 e. The molecule has 3 rings (SSSR count). The van der Waals surface area contributed by atoms with Gasteiger partial charge in [0.1, 0.15) is 7.05 Å². The SMILES string of the molecule is C[N+]1=CC(C)(C)c2c1ccc1ccccc21. The molecule has 0 saturated carbocycles. The molecule has 2 aromatic carbocycles. The summed E-state index contributed by atoms with van der Waals surface area (Å²) >= 11 is 0. The van der Waals surface area contributed by atoms with Crippen LogP contribution >= 0.6 is 0 Å². The van der Waals surface area contributed by atoms with Gasteiger partial charge < -0.3 is 0 Å². The Labute approximate surface area is 96.0 Å². The molecule has 0 saturated heterocycles. The van der Waals surface area contributed by atoms with Gasteiger partial charge in [-0.05, 0) is 30.7 Å². The highest BCUT2D eigenvalue weighted by molar-refractivity contribution is 5.95. The van der Waals surface area contributed by atoms with Crippen molar-refractivity contribution in [3.63, 3.8) is 0 Å². The van der Waals surface area contributed by atoms with Crippen LogP contribution in [0.3, 0.4) is 0 Å². The third-order valence-electron chi connectivity index (χ3n) is 3.45. The van der Waals surface area contributed by atoms with Gasteiger partial charge in [-0.25, -0.2) is 4.58 Å². The van der Waals surface area contributed by atoms with E-state index in [0.717, 1.165) is 0 Å². The third-order valence-corrected chi connectivity index (χ3v) is 3.45. The first-order chi connectivity index (χ1) is 7.59. The molecule has 1 heterocycles. The van der Waals surface area contributed by atoms with E-state index in [0.29, 0.717) is 0 Å². The molecule has 1 heteroatoms. The van der Waals surface area contributed by atoms with Crippen LogP contribution in [0, 0.1) is 0 Å². The van der Waals surface area contributed by atoms with Crippen LogP contribution in [-0.2, 0) is 5.41 Å². The monoisotopic (exact) mass is 210 g/mol. The van der Waals surface area contributed by atoms with Crippen LogP contribution in [0.15, 0.2) is 36.4 Å². The van der Waals surface area contributed by atoms with E-state index >= 15 is 0 Å². The van der Waals surface area contributed by atoms with Gasteiger partial charge in [0.2, 0.25) is 5.69 Å². The topological polar surface area (TPSA) is 3.01 Å². The van der Waals surface area contributed by atoms with Gasteiger partial charge in [-0.3, -0.25) is 0 Å². The molecule has 0 radical (unpaired) electrons. The Morgan fingerprint density at radius 3 is 2.56 bits per heavy atom. The molecule has 0 N–H and O–H groups in total. The second-order valence-corrected chi connectivity index (χ2v) is 5.14. The van der Waals surface area contributed by atoms with Crippen molar-refractivity contribution in [2.45, 2.75) is 19.3 Å². The molecule has 0 atom stereocenters. The summed E-state index contributed by atoms with van der Waals surface area (Å²) in [5.74, 6) is 0. The lowest BCUT2D eigenvalue weighted by atomic mass is 9.84. The predicted octanol–water partition coefficient (Wildman–Crippen LogP) is 3.48. The molecule has 1 aliphatic heterocycles. The van der Waals surface area contributed by atoms with Crippen molar-refractivity contribution in [1.29, 1.82) is 0 Å². The number of rotatable bonds is 0. The Morgan fingerprint density at radius 2 is 1.75 bits per heavy atom. The van der Waals surface area contributed by atoms with Crippen LogP contribution in [0.5, 0.6) is 0 Å². The second kappa shape index (κ2) is 2.94. The van der Waals surface area contributed by atoms with E-state index in [4.69, 9.17) is 0 Å². The average Bonchev–Trinajstić information content (AvgIpc) is 2.49. The minimum atomic E-state index is 0.130. The molecule has 2 aromatic rings. The first-order valence-electron chi connectivity index (χ1n) is 5.71. The van der Waals surface area contributed by atoms with Gasteiger partial charge in [-0.1, -0.05) is 24.3 Å². The van der Waals surface area contributed by atoms with E-state index in [1.54, 1.807) is 0 Å². The van der Waals surface area contributed by atoms with Crippen LogP contribution < -0.4 is 0 Å². The molecule has 0 bridgehead atoms. The fourth-order valence-corrected chi connectivity index (χ4v) is 2.85. The minimum absolute atomic E-state index is 0.130. The molecular formula is C15H16N+. The molecule has 0 aromatic heterocycles. The lowest BCUT2D eigenvalue weighted by Gasteiger charge is -2.13. The Bertz CT molecular complexity index is 606. The Morgan fingerprint density at radius 1 is 1.00 bits per heavy atom. The number of nitrogens with zero attached hydrogens (tertiary/aromatic N) is 1. The maximum absolute atomic E-state index is 2.30. The highest BCUT2D eigenvalue weighted by Gasteiger charge is 2.36. The van der Waals surface area contributed by atoms with Crippen molar-refractivity contribution in [2.75, 3.05) is 7.05 Å². The third kappa shape index (κ3) is 1.15. The molecule has 1 nitrogen and oxygen atoms in total. The number of hydrogen-bond acceptors (Lipinski definition) is 0. The molecule has 0 aliphatic carbocycles. The molecule has 16 heavy (non-hydrogen) atoms. The second-order valence-electron chi connectivity index (χ2n) is 5.14. The van der Waals surface area contributed by atoms with Crippen molar-refractivity contribution >= 4 is 22.7 Å². The van der Waals surface area contributed by atoms with Crippen LogP contribution in [0.4, 0.5) is 5.69 Å². The molecular weight excluding hydrogens is 194 g/mol. The van der Waals surface area contributed by atoms with Crippen LogP contribution in [0.25, 0.3) is 10.8 Å². The summed E-state index contributed by atoms with van der Waals surface area (Å²) in [6, 6.07) is 13.1. The van der Waals surface area contributed by atoms with Gasteiger partial charge in [0.15, 0.2) is 6.21 Å². The largest absolute Gasteiger partial charge is 0.209 e. The number of hydrogen-bond donors (Lipinski definition) is 0. The molecule has 0 amide bonds. The molecule has 80 valence electrons. The van der Waals surface area contributed by atoms with Crippen molar-refractivity contribution in [3.05, 3.63) is 42.0 Å². The molecule has 1 aliphatic rings. The Balaban J connectivity index is 2.46. The maximum atomic E-state index is 2.30. The molecule has 0 fully saturated rings. The van der Waals surface area contributed by atoms with Gasteiger partial charge in [-0.15, -0.1) is 0 Å². The highest BCUT2D eigenvalue weighted by Crippen LogP contribution is 2.40. The zero-order chi connectivity index (χ0) is 11.3. The quantitative estimate of drug-likeness (QED) is 0.586. The molecule has 0 unspecified atom stereocenters. The summed E-state index contributed by atoms with van der Waals surface area (Å²) in [4.78, 5) is 0. The standard InChI is InChI=1S/C15H16N/c1-15(2)10-16(3)13-9-8-11-6-4-5-7-12(11)14(13)15/h4-10H,1-3H3/q+1. The summed E-state index contributed by atoms with van der Waals surface area (Å²) in [6.07, 6.45) is 2.30. The summed E-state index contributed by atoms with van der Waals surface area (Å²) in [6.45, 7) is 4.56. The van der Waals surface area contributed by atoms with Gasteiger partial charge in [0.25, 0.3) is 0 Å². The van der Waals surface area contributed by atoms with E-state index in [-0.39, 0.29) is 5.41 Å². The number of fused-ring (bicyclic) bond motifs is 3. The number of benzene rings is 2. The maximum Gasteiger partial charge on any atom is 0.209 e. The van der Waals surface area contributed by atoms with Crippen molar-refractivity contribution < 1.29 is 4.58 Å². The van der Waals surface area contributed by atoms with E-state index in [2.05, 4.69) is 68.1 Å². The zero-order valence-corrected chi connectivity index (χ0v) is 9.99. The highest BCUT2D eigenvalue weighted by atomic mass is 15.0. The summed E-state index contributed by atoms with van der Waals surface area (Å²) in [7, 11) is 2.13. The van der Waals surface area contributed by atoms with E-state index < -0.39 is 0 Å². The Hall–Kier alpha value is -1.63. The van der Waals surface area contributed by atoms with Crippen molar-refractivity contribution in [3.8, 4) is 0 Å². The van der Waals surface area contributed by atoms with Gasteiger partial charge >= 0.3 is 0 Å². The van der Waals surface area contributed by atoms with E-state index in [1.165, 1.54) is 22.0 Å². The fraction of sp³-hybridized carbons (Fsp3) is 0.267. The normalized spacial score (nSPS) is 17.3. The predicted molar refractivity (Wildman–Crippen MR) is 68.9 cm³/mol. The van der Waals surface area contributed by atoms with Gasteiger partial charge in [0.05, 0.1) is 5.41 Å². The lowest BCUT2D eigenvalue weighted by molar-refractivity contribution is -0.397. The van der Waals surface area contributed by atoms with Crippen LogP contribution in [0.2, 0.25) is 0 Å². The average molecular weight is 210 g/mol. The van der Waals surface area contributed by atoms with E-state index in [9.17, 15) is 0 Å². The summed E-state index contributed by atoms with van der Waals surface area (Å²) in [5, 5.41) is 2.71. The van der Waals surface area contributed by atoms with Gasteiger partial charge in [-0.2, -0.15) is 0 Å². The Kier molecular flexibility index (Phi) is 1.76. The summed E-state index contributed by atoms with van der Waals surface area (Å²) < 4.78 is 2.24. The first-order valence-corrected chi connectivity index (χ1v) is 5.71.